The van der Waals surface area contributed by atoms with Gasteiger partial charge in [-0.25, -0.2) is 0 Å². The van der Waals surface area contributed by atoms with Crippen molar-refractivity contribution >= 4 is 0 Å². The molecule has 1 fully saturated rings. The van der Waals surface area contributed by atoms with Gasteiger partial charge in [0.25, 0.3) is 0 Å². The molecule has 1 rings (SSSR count). The molecule has 1 heterocycles. The Balaban J connectivity index is 2.40. The molecular formula is C12H22N3. The highest BCUT2D eigenvalue weighted by Gasteiger charge is 2.29. The van der Waals surface area contributed by atoms with E-state index in [1.54, 1.807) is 0 Å². The summed E-state index contributed by atoms with van der Waals surface area (Å²) in [5.41, 5.74) is -0.308. The molecule has 1 aliphatic heterocycles. The highest BCUT2D eigenvalue weighted by Crippen LogP contribution is 2.16. The molecule has 0 atom stereocenters. The summed E-state index contributed by atoms with van der Waals surface area (Å²) < 4.78 is 0. The molecule has 0 aromatic rings. The normalized spacial score (nSPS) is 20.5. The smallest absolute Gasteiger partial charge is 0.103 e. The van der Waals surface area contributed by atoms with Gasteiger partial charge in [-0.05, 0) is 19.8 Å². The molecule has 0 spiro atoms. The van der Waals surface area contributed by atoms with Gasteiger partial charge in [-0.1, -0.05) is 13.8 Å². The zero-order chi connectivity index (χ0) is 11.5. The van der Waals surface area contributed by atoms with Crippen LogP contribution in [0.5, 0.6) is 0 Å². The van der Waals surface area contributed by atoms with Crippen LogP contribution < -0.4 is 0 Å². The molecule has 85 valence electrons. The highest BCUT2D eigenvalue weighted by atomic mass is 15.3. The zero-order valence-electron chi connectivity index (χ0n) is 10.4. The Bertz CT molecular complexity index is 232. The molecule has 0 amide bonds. The standard InChI is InChI=1S/C12H22N3/c1-11(2)9-14-5-7-15(8-6-14)12(3,4)10-13/h5-9H2,1-4H3. The summed E-state index contributed by atoms with van der Waals surface area (Å²) in [6.07, 6.45) is 0. The van der Waals surface area contributed by atoms with Crippen LogP contribution in [0.4, 0.5) is 0 Å². The largest absolute Gasteiger partial charge is 0.300 e. The molecule has 1 radical (unpaired) electrons. The van der Waals surface area contributed by atoms with E-state index in [9.17, 15) is 0 Å². The monoisotopic (exact) mass is 208 g/mol. The lowest BCUT2D eigenvalue weighted by molar-refractivity contribution is 0.0826. The van der Waals surface area contributed by atoms with Gasteiger partial charge in [0.05, 0.1) is 6.07 Å². The molecule has 0 saturated carbocycles. The molecule has 3 nitrogen and oxygen atoms in total. The van der Waals surface area contributed by atoms with Crippen LogP contribution in [0.15, 0.2) is 0 Å². The van der Waals surface area contributed by atoms with Crippen LogP contribution in [0.25, 0.3) is 0 Å². The summed E-state index contributed by atoms with van der Waals surface area (Å²) in [6, 6.07) is 2.37. The third kappa shape index (κ3) is 3.48. The molecule has 0 aromatic carbocycles. The average molecular weight is 208 g/mol. The lowest BCUT2D eigenvalue weighted by atomic mass is 10.0. The second-order valence-corrected chi connectivity index (χ2v) is 5.14. The summed E-state index contributed by atoms with van der Waals surface area (Å²) in [7, 11) is 0. The van der Waals surface area contributed by atoms with Crippen molar-refractivity contribution in [2.75, 3.05) is 32.7 Å². The number of hydrogen-bond acceptors (Lipinski definition) is 3. The molecule has 0 aliphatic carbocycles. The fourth-order valence-corrected chi connectivity index (χ4v) is 1.98. The van der Waals surface area contributed by atoms with Crippen LogP contribution in [-0.4, -0.2) is 48.1 Å². The minimum Gasteiger partial charge on any atom is -0.300 e. The predicted octanol–water partition coefficient (Wildman–Crippen LogP) is 1.52. The van der Waals surface area contributed by atoms with Crippen molar-refractivity contribution < 1.29 is 0 Å². The van der Waals surface area contributed by atoms with Crippen LogP contribution in [0, 0.1) is 17.2 Å². The fraction of sp³-hybridized carbons (Fsp3) is 0.833. The van der Waals surface area contributed by atoms with Gasteiger partial charge in [0.2, 0.25) is 0 Å². The van der Waals surface area contributed by atoms with Crippen molar-refractivity contribution in [3.8, 4) is 6.07 Å². The van der Waals surface area contributed by atoms with Crippen molar-refractivity contribution in [1.29, 1.82) is 5.26 Å². The van der Waals surface area contributed by atoms with Gasteiger partial charge in [-0.2, -0.15) is 5.26 Å². The number of nitrogens with zero attached hydrogens (tertiary/aromatic N) is 3. The van der Waals surface area contributed by atoms with E-state index in [2.05, 4.69) is 29.7 Å². The highest BCUT2D eigenvalue weighted by molar-refractivity contribution is 5.03. The van der Waals surface area contributed by atoms with Crippen molar-refractivity contribution in [3.63, 3.8) is 0 Å². The molecule has 15 heavy (non-hydrogen) atoms. The summed E-state index contributed by atoms with van der Waals surface area (Å²) in [4.78, 5) is 4.73. The Hall–Kier alpha value is -0.590. The second kappa shape index (κ2) is 4.96. The Morgan fingerprint density at radius 2 is 1.73 bits per heavy atom. The number of nitriles is 1. The minimum absolute atomic E-state index is 0.308. The molecule has 3 heteroatoms. The van der Waals surface area contributed by atoms with Crippen LogP contribution in [0.1, 0.15) is 27.7 Å². The van der Waals surface area contributed by atoms with E-state index < -0.39 is 0 Å². The first-order valence-electron chi connectivity index (χ1n) is 5.63. The summed E-state index contributed by atoms with van der Waals surface area (Å²) in [6.45, 7) is 13.6. The van der Waals surface area contributed by atoms with Crippen LogP contribution in [-0.2, 0) is 0 Å². The number of hydrogen-bond donors (Lipinski definition) is 0. The summed E-state index contributed by atoms with van der Waals surface area (Å²) >= 11 is 0. The van der Waals surface area contributed by atoms with E-state index in [1.165, 1.54) is 5.92 Å². The van der Waals surface area contributed by atoms with Gasteiger partial charge < -0.3 is 4.90 Å². The maximum Gasteiger partial charge on any atom is 0.103 e. The van der Waals surface area contributed by atoms with E-state index in [-0.39, 0.29) is 5.54 Å². The lowest BCUT2D eigenvalue weighted by Gasteiger charge is -2.40. The van der Waals surface area contributed by atoms with Crippen LogP contribution in [0.2, 0.25) is 0 Å². The third-order valence-electron chi connectivity index (χ3n) is 2.98. The van der Waals surface area contributed by atoms with Crippen molar-refractivity contribution in [1.82, 2.24) is 9.80 Å². The quantitative estimate of drug-likeness (QED) is 0.704. The van der Waals surface area contributed by atoms with E-state index in [1.807, 2.05) is 13.8 Å². The molecule has 0 unspecified atom stereocenters. The molecule has 1 saturated heterocycles. The predicted molar refractivity (Wildman–Crippen MR) is 62.3 cm³/mol. The van der Waals surface area contributed by atoms with Crippen molar-refractivity contribution in [2.45, 2.75) is 33.2 Å². The number of piperazine rings is 1. The summed E-state index contributed by atoms with van der Waals surface area (Å²) in [5, 5.41) is 9.05. The van der Waals surface area contributed by atoms with Gasteiger partial charge in [-0.15, -0.1) is 0 Å². The SMILES string of the molecule is C[C](C)CN1CCN(C(C)(C)C#N)CC1. The first-order valence-corrected chi connectivity index (χ1v) is 5.63. The molecule has 0 N–H and O–H groups in total. The average Bonchev–Trinajstić information content (AvgIpc) is 2.18. The van der Waals surface area contributed by atoms with Crippen molar-refractivity contribution in [2.24, 2.45) is 0 Å². The fourth-order valence-electron chi connectivity index (χ4n) is 1.98. The van der Waals surface area contributed by atoms with Gasteiger partial charge in [0.1, 0.15) is 5.54 Å². The first-order chi connectivity index (χ1) is 6.95. The molecule has 1 aliphatic rings. The van der Waals surface area contributed by atoms with Gasteiger partial charge in [0.15, 0.2) is 0 Å². The third-order valence-corrected chi connectivity index (χ3v) is 2.98. The van der Waals surface area contributed by atoms with E-state index in [4.69, 9.17) is 5.26 Å². The first kappa shape index (κ1) is 12.5. The van der Waals surface area contributed by atoms with E-state index in [0.29, 0.717) is 0 Å². The maximum absolute atomic E-state index is 9.05. The van der Waals surface area contributed by atoms with Gasteiger partial charge in [0, 0.05) is 32.7 Å². The van der Waals surface area contributed by atoms with Gasteiger partial charge in [-0.3, -0.25) is 4.90 Å². The van der Waals surface area contributed by atoms with E-state index >= 15 is 0 Å². The second-order valence-electron chi connectivity index (χ2n) is 5.14. The van der Waals surface area contributed by atoms with Crippen molar-refractivity contribution in [3.05, 3.63) is 5.92 Å². The molecule has 0 aromatic heterocycles. The van der Waals surface area contributed by atoms with Crippen LogP contribution >= 0.6 is 0 Å². The Morgan fingerprint density at radius 1 is 1.20 bits per heavy atom. The Kier molecular flexibility index (Phi) is 4.12. The van der Waals surface area contributed by atoms with Crippen LogP contribution in [0.3, 0.4) is 0 Å². The Labute approximate surface area is 93.7 Å². The zero-order valence-corrected chi connectivity index (χ0v) is 10.4. The molecular weight excluding hydrogens is 186 g/mol. The Morgan fingerprint density at radius 3 is 2.13 bits per heavy atom. The van der Waals surface area contributed by atoms with Gasteiger partial charge >= 0.3 is 0 Å². The molecule has 0 bridgehead atoms. The minimum atomic E-state index is -0.308. The number of rotatable bonds is 3. The topological polar surface area (TPSA) is 30.3 Å². The maximum atomic E-state index is 9.05. The van der Waals surface area contributed by atoms with E-state index in [0.717, 1.165) is 32.7 Å². The lowest BCUT2D eigenvalue weighted by Crippen LogP contribution is -2.54. The summed E-state index contributed by atoms with van der Waals surface area (Å²) in [5.74, 6) is 1.46.